The van der Waals surface area contributed by atoms with E-state index in [4.69, 9.17) is 4.98 Å². The van der Waals surface area contributed by atoms with Crippen LogP contribution in [0.4, 0.5) is 5.82 Å². The summed E-state index contributed by atoms with van der Waals surface area (Å²) >= 11 is 1.50. The molecule has 128 valence electrons. The van der Waals surface area contributed by atoms with Crippen LogP contribution in [0.5, 0.6) is 0 Å². The average Bonchev–Trinajstić information content (AvgIpc) is 3.21. The van der Waals surface area contributed by atoms with E-state index in [1.54, 1.807) is 0 Å². The lowest BCUT2D eigenvalue weighted by atomic mass is 10.2. The van der Waals surface area contributed by atoms with Crippen molar-refractivity contribution in [3.63, 3.8) is 0 Å². The first-order valence-electron chi connectivity index (χ1n) is 8.59. The molecule has 4 rings (SSSR count). The number of nitrogens with zero attached hydrogens (tertiary/aromatic N) is 4. The highest BCUT2D eigenvalue weighted by Gasteiger charge is 2.24. The Hall–Kier alpha value is -2.47. The summed E-state index contributed by atoms with van der Waals surface area (Å²) < 4.78 is 0. The molecule has 1 fully saturated rings. The molecule has 1 aromatic carbocycles. The number of hydrogen-bond acceptors (Lipinski definition) is 5. The molecule has 0 aliphatic carbocycles. The van der Waals surface area contributed by atoms with E-state index in [2.05, 4.69) is 22.9 Å². The van der Waals surface area contributed by atoms with Gasteiger partial charge in [-0.25, -0.2) is 9.97 Å². The number of para-hydroxylation sites is 1. The number of thiophene rings is 1. The van der Waals surface area contributed by atoms with Crippen molar-refractivity contribution in [2.24, 2.45) is 0 Å². The topological polar surface area (TPSA) is 49.3 Å². The molecule has 0 bridgehead atoms. The smallest absolute Gasteiger partial charge is 0.264 e. The second kappa shape index (κ2) is 6.80. The normalized spacial score (nSPS) is 14.9. The lowest BCUT2D eigenvalue weighted by Gasteiger charge is -2.35. The Kier molecular flexibility index (Phi) is 4.36. The molecule has 2 aromatic heterocycles. The fourth-order valence-corrected chi connectivity index (χ4v) is 3.87. The molecule has 25 heavy (non-hydrogen) atoms. The number of carbonyl (C=O) groups excluding carboxylic acids is 1. The van der Waals surface area contributed by atoms with Crippen LogP contribution in [0.15, 0.2) is 41.8 Å². The molecular weight excluding hydrogens is 332 g/mol. The zero-order valence-electron chi connectivity index (χ0n) is 14.2. The van der Waals surface area contributed by atoms with E-state index in [1.807, 2.05) is 40.6 Å². The predicted molar refractivity (Wildman–Crippen MR) is 101 cm³/mol. The van der Waals surface area contributed by atoms with Crippen molar-refractivity contribution in [1.82, 2.24) is 14.9 Å². The van der Waals surface area contributed by atoms with Gasteiger partial charge in [-0.05, 0) is 23.6 Å². The van der Waals surface area contributed by atoms with Gasteiger partial charge in [-0.1, -0.05) is 25.1 Å². The molecule has 1 aliphatic heterocycles. The highest BCUT2D eigenvalue weighted by Crippen LogP contribution is 2.25. The Labute approximate surface area is 150 Å². The van der Waals surface area contributed by atoms with Crippen molar-refractivity contribution in [2.75, 3.05) is 31.1 Å². The predicted octanol–water partition coefficient (Wildman–Crippen LogP) is 3.22. The lowest BCUT2D eigenvalue weighted by Crippen LogP contribution is -2.49. The van der Waals surface area contributed by atoms with Crippen molar-refractivity contribution < 1.29 is 4.79 Å². The molecule has 3 heterocycles. The fraction of sp³-hybridized carbons (Fsp3) is 0.316. The largest absolute Gasteiger partial charge is 0.352 e. The first kappa shape index (κ1) is 16.0. The SMILES string of the molecule is CCc1nc(N2CCN(C(=O)c3cccs3)CC2)c2ccccc2n1. The zero-order valence-corrected chi connectivity index (χ0v) is 15.0. The van der Waals surface area contributed by atoms with Gasteiger partial charge in [0.2, 0.25) is 0 Å². The van der Waals surface area contributed by atoms with Gasteiger partial charge in [0.15, 0.2) is 0 Å². The maximum atomic E-state index is 12.5. The summed E-state index contributed by atoms with van der Waals surface area (Å²) in [6, 6.07) is 12.0. The van der Waals surface area contributed by atoms with Crippen LogP contribution in [0.2, 0.25) is 0 Å². The third-order valence-corrected chi connectivity index (χ3v) is 5.40. The van der Waals surface area contributed by atoms with Crippen molar-refractivity contribution in [2.45, 2.75) is 13.3 Å². The maximum absolute atomic E-state index is 12.5. The molecular formula is C19H20N4OS. The molecule has 0 unspecified atom stereocenters. The Balaban J connectivity index is 1.56. The number of aryl methyl sites for hydroxylation is 1. The maximum Gasteiger partial charge on any atom is 0.264 e. The first-order chi connectivity index (χ1) is 12.3. The average molecular weight is 352 g/mol. The molecule has 0 N–H and O–H groups in total. The molecule has 1 saturated heterocycles. The van der Waals surface area contributed by atoms with Gasteiger partial charge in [-0.2, -0.15) is 0 Å². The molecule has 1 aliphatic rings. The summed E-state index contributed by atoms with van der Waals surface area (Å²) in [5.41, 5.74) is 0.987. The quantitative estimate of drug-likeness (QED) is 0.726. The summed E-state index contributed by atoms with van der Waals surface area (Å²) in [5, 5.41) is 3.03. The van der Waals surface area contributed by atoms with Gasteiger partial charge in [0.1, 0.15) is 11.6 Å². The van der Waals surface area contributed by atoms with E-state index in [9.17, 15) is 4.79 Å². The third-order valence-electron chi connectivity index (χ3n) is 4.54. The van der Waals surface area contributed by atoms with Crippen LogP contribution < -0.4 is 4.90 Å². The van der Waals surface area contributed by atoms with Crippen LogP contribution in [0.3, 0.4) is 0 Å². The van der Waals surface area contributed by atoms with Crippen LogP contribution in [-0.4, -0.2) is 47.0 Å². The van der Waals surface area contributed by atoms with Crippen LogP contribution >= 0.6 is 11.3 Å². The monoisotopic (exact) mass is 352 g/mol. The summed E-state index contributed by atoms with van der Waals surface area (Å²) in [6.45, 7) is 5.10. The van der Waals surface area contributed by atoms with E-state index >= 15 is 0 Å². The van der Waals surface area contributed by atoms with Gasteiger partial charge in [-0.15, -0.1) is 11.3 Å². The highest BCUT2D eigenvalue weighted by molar-refractivity contribution is 7.12. The molecule has 0 spiro atoms. The number of piperazine rings is 1. The number of benzene rings is 1. The fourth-order valence-electron chi connectivity index (χ4n) is 3.18. The summed E-state index contributed by atoms with van der Waals surface area (Å²) in [4.78, 5) is 26.9. The van der Waals surface area contributed by atoms with Crippen molar-refractivity contribution in [3.05, 3.63) is 52.5 Å². The minimum Gasteiger partial charge on any atom is -0.352 e. The molecule has 1 amide bonds. The Morgan fingerprint density at radius 1 is 1.08 bits per heavy atom. The molecule has 3 aromatic rings. The second-order valence-electron chi connectivity index (χ2n) is 6.09. The Morgan fingerprint density at radius 2 is 1.88 bits per heavy atom. The number of rotatable bonds is 3. The Morgan fingerprint density at radius 3 is 2.60 bits per heavy atom. The van der Waals surface area contributed by atoms with Crippen molar-refractivity contribution in [3.8, 4) is 0 Å². The lowest BCUT2D eigenvalue weighted by molar-refractivity contribution is 0.0751. The van der Waals surface area contributed by atoms with E-state index in [-0.39, 0.29) is 5.91 Å². The van der Waals surface area contributed by atoms with E-state index in [0.29, 0.717) is 0 Å². The molecule has 0 atom stereocenters. The van der Waals surface area contributed by atoms with Crippen molar-refractivity contribution >= 4 is 34.0 Å². The number of fused-ring (bicyclic) bond motifs is 1. The van der Waals surface area contributed by atoms with Crippen LogP contribution in [-0.2, 0) is 6.42 Å². The van der Waals surface area contributed by atoms with Crippen LogP contribution in [0, 0.1) is 0 Å². The minimum atomic E-state index is 0.136. The highest BCUT2D eigenvalue weighted by atomic mass is 32.1. The number of carbonyl (C=O) groups is 1. The minimum absolute atomic E-state index is 0.136. The van der Waals surface area contributed by atoms with Gasteiger partial charge in [0.05, 0.1) is 10.4 Å². The number of aromatic nitrogens is 2. The number of amides is 1. The van der Waals surface area contributed by atoms with E-state index in [0.717, 1.165) is 60.0 Å². The summed E-state index contributed by atoms with van der Waals surface area (Å²) in [7, 11) is 0. The number of hydrogen-bond donors (Lipinski definition) is 0. The molecule has 6 heteroatoms. The van der Waals surface area contributed by atoms with Gasteiger partial charge >= 0.3 is 0 Å². The van der Waals surface area contributed by atoms with E-state index < -0.39 is 0 Å². The van der Waals surface area contributed by atoms with Gasteiger partial charge in [0.25, 0.3) is 5.91 Å². The summed E-state index contributed by atoms with van der Waals surface area (Å²) in [6.07, 6.45) is 0.814. The van der Waals surface area contributed by atoms with E-state index in [1.165, 1.54) is 11.3 Å². The zero-order chi connectivity index (χ0) is 17.2. The van der Waals surface area contributed by atoms with Crippen molar-refractivity contribution in [1.29, 1.82) is 0 Å². The first-order valence-corrected chi connectivity index (χ1v) is 9.47. The van der Waals surface area contributed by atoms with Gasteiger partial charge in [0, 0.05) is 38.0 Å². The third kappa shape index (κ3) is 3.09. The Bertz CT molecular complexity index is 886. The molecule has 0 radical (unpaired) electrons. The molecule has 5 nitrogen and oxygen atoms in total. The van der Waals surface area contributed by atoms with Gasteiger partial charge in [-0.3, -0.25) is 4.79 Å². The van der Waals surface area contributed by atoms with Gasteiger partial charge < -0.3 is 9.80 Å². The van der Waals surface area contributed by atoms with Crippen LogP contribution in [0.25, 0.3) is 10.9 Å². The number of anilines is 1. The second-order valence-corrected chi connectivity index (χ2v) is 7.04. The van der Waals surface area contributed by atoms with Crippen LogP contribution in [0.1, 0.15) is 22.4 Å². The standard InChI is InChI=1S/C19H20N4OS/c1-2-17-20-15-7-4-3-6-14(15)18(21-17)22-9-11-23(12-10-22)19(24)16-8-5-13-25-16/h3-8,13H,2,9-12H2,1H3. The molecule has 0 saturated carbocycles. The summed E-state index contributed by atoms with van der Waals surface area (Å²) in [5.74, 6) is 1.99.